The lowest BCUT2D eigenvalue weighted by Crippen LogP contribution is -1.97. The Balaban J connectivity index is 2.45. The summed E-state index contributed by atoms with van der Waals surface area (Å²) in [4.78, 5) is 1.03. The van der Waals surface area contributed by atoms with Gasteiger partial charge in [-0.15, -0.1) is 11.8 Å². The van der Waals surface area contributed by atoms with E-state index in [9.17, 15) is 0 Å². The molecule has 14 heavy (non-hydrogen) atoms. The van der Waals surface area contributed by atoms with Crippen LogP contribution in [0.2, 0.25) is 5.02 Å². The van der Waals surface area contributed by atoms with Gasteiger partial charge in [0.05, 0.1) is 6.61 Å². The Morgan fingerprint density at radius 3 is 3.00 bits per heavy atom. The quantitative estimate of drug-likeness (QED) is 0.481. The third-order valence-corrected chi connectivity index (χ3v) is 2.94. The second-order valence-corrected chi connectivity index (χ2v) is 4.30. The number of nitrogen functional groups attached to an aromatic ring is 1. The van der Waals surface area contributed by atoms with Gasteiger partial charge in [-0.05, 0) is 25.1 Å². The van der Waals surface area contributed by atoms with E-state index in [-0.39, 0.29) is 0 Å². The van der Waals surface area contributed by atoms with Crippen molar-refractivity contribution in [2.24, 2.45) is 0 Å². The molecule has 0 radical (unpaired) electrons. The van der Waals surface area contributed by atoms with Crippen molar-refractivity contribution in [3.05, 3.63) is 23.2 Å². The number of benzene rings is 1. The van der Waals surface area contributed by atoms with Crippen LogP contribution < -0.4 is 5.73 Å². The molecule has 0 atom stereocenters. The summed E-state index contributed by atoms with van der Waals surface area (Å²) in [6, 6.07) is 5.50. The van der Waals surface area contributed by atoms with Crippen LogP contribution in [0.15, 0.2) is 23.1 Å². The molecule has 1 rings (SSSR count). The van der Waals surface area contributed by atoms with Gasteiger partial charge in [0.15, 0.2) is 0 Å². The van der Waals surface area contributed by atoms with Gasteiger partial charge < -0.3 is 10.5 Å². The van der Waals surface area contributed by atoms with Gasteiger partial charge in [0.1, 0.15) is 0 Å². The van der Waals surface area contributed by atoms with Gasteiger partial charge in [-0.25, -0.2) is 0 Å². The van der Waals surface area contributed by atoms with Gasteiger partial charge in [0.2, 0.25) is 0 Å². The zero-order valence-electron chi connectivity index (χ0n) is 8.13. The molecule has 0 aliphatic rings. The molecule has 0 bridgehead atoms. The summed E-state index contributed by atoms with van der Waals surface area (Å²) in [6.45, 7) is 3.48. The highest BCUT2D eigenvalue weighted by molar-refractivity contribution is 7.99. The highest BCUT2D eigenvalue weighted by atomic mass is 35.5. The van der Waals surface area contributed by atoms with E-state index in [2.05, 4.69) is 0 Å². The van der Waals surface area contributed by atoms with Crippen molar-refractivity contribution >= 4 is 29.1 Å². The summed E-state index contributed by atoms with van der Waals surface area (Å²) in [5.41, 5.74) is 6.56. The summed E-state index contributed by atoms with van der Waals surface area (Å²) in [5.74, 6) is 0.901. The summed E-state index contributed by atoms with van der Waals surface area (Å²) < 4.78 is 5.23. The van der Waals surface area contributed by atoms with E-state index in [1.807, 2.05) is 19.1 Å². The Bertz CT molecular complexity index is 293. The van der Waals surface area contributed by atoms with E-state index in [0.29, 0.717) is 0 Å². The zero-order chi connectivity index (χ0) is 10.4. The third-order valence-electron chi connectivity index (χ3n) is 1.66. The van der Waals surface area contributed by atoms with Crippen molar-refractivity contribution in [1.82, 2.24) is 0 Å². The van der Waals surface area contributed by atoms with Crippen molar-refractivity contribution in [1.29, 1.82) is 0 Å². The predicted molar refractivity (Wildman–Crippen MR) is 63.1 cm³/mol. The molecule has 0 amide bonds. The highest BCUT2D eigenvalue weighted by Gasteiger charge is 2.00. The SMILES string of the molecule is CCOCCSc1cc(Cl)ccc1N. The van der Waals surface area contributed by atoms with Crippen LogP contribution in [0.4, 0.5) is 5.69 Å². The topological polar surface area (TPSA) is 35.2 Å². The average Bonchev–Trinajstić information content (AvgIpc) is 2.18. The van der Waals surface area contributed by atoms with Gasteiger partial charge >= 0.3 is 0 Å². The molecule has 0 aliphatic carbocycles. The largest absolute Gasteiger partial charge is 0.398 e. The molecule has 2 N–H and O–H groups in total. The number of nitrogens with two attached hydrogens (primary N) is 1. The van der Waals surface area contributed by atoms with E-state index in [4.69, 9.17) is 22.1 Å². The standard InChI is InChI=1S/C10H14ClNOS/c1-2-13-5-6-14-10-7-8(11)3-4-9(10)12/h3-4,7H,2,5-6,12H2,1H3. The molecule has 1 aromatic carbocycles. The highest BCUT2D eigenvalue weighted by Crippen LogP contribution is 2.27. The van der Waals surface area contributed by atoms with Crippen LogP contribution in [0.1, 0.15) is 6.92 Å². The van der Waals surface area contributed by atoms with Crippen LogP contribution in [-0.2, 0) is 4.74 Å². The number of hydrogen-bond acceptors (Lipinski definition) is 3. The Labute approximate surface area is 93.8 Å². The molecule has 0 aromatic heterocycles. The minimum atomic E-state index is 0.720. The summed E-state index contributed by atoms with van der Waals surface area (Å²) in [5, 5.41) is 0.720. The minimum absolute atomic E-state index is 0.720. The second kappa shape index (κ2) is 6.17. The molecule has 0 unspecified atom stereocenters. The van der Waals surface area contributed by atoms with Crippen LogP contribution in [-0.4, -0.2) is 19.0 Å². The number of anilines is 1. The van der Waals surface area contributed by atoms with E-state index in [1.165, 1.54) is 0 Å². The van der Waals surface area contributed by atoms with Crippen molar-refractivity contribution in [3.8, 4) is 0 Å². The van der Waals surface area contributed by atoms with Crippen LogP contribution in [0.5, 0.6) is 0 Å². The average molecular weight is 232 g/mol. The number of thioether (sulfide) groups is 1. The smallest absolute Gasteiger partial charge is 0.0560 e. The maximum atomic E-state index is 5.86. The molecule has 78 valence electrons. The molecule has 0 spiro atoms. The predicted octanol–water partition coefficient (Wildman–Crippen LogP) is 3.05. The second-order valence-electron chi connectivity index (χ2n) is 2.73. The van der Waals surface area contributed by atoms with Crippen molar-refractivity contribution in [2.45, 2.75) is 11.8 Å². The van der Waals surface area contributed by atoms with E-state index in [1.54, 1.807) is 17.8 Å². The third kappa shape index (κ3) is 3.78. The molecular weight excluding hydrogens is 218 g/mol. The number of rotatable bonds is 5. The Morgan fingerprint density at radius 1 is 1.50 bits per heavy atom. The lowest BCUT2D eigenvalue weighted by molar-refractivity contribution is 0.164. The molecule has 0 saturated carbocycles. The number of hydrogen-bond donors (Lipinski definition) is 1. The van der Waals surface area contributed by atoms with Gasteiger partial charge in [-0.1, -0.05) is 11.6 Å². The van der Waals surface area contributed by atoms with Gasteiger partial charge in [0, 0.05) is 28.0 Å². The van der Waals surface area contributed by atoms with E-state index >= 15 is 0 Å². The lowest BCUT2D eigenvalue weighted by atomic mass is 10.3. The van der Waals surface area contributed by atoms with Gasteiger partial charge in [-0.3, -0.25) is 0 Å². The summed E-state index contributed by atoms with van der Waals surface area (Å²) in [6.07, 6.45) is 0. The van der Waals surface area contributed by atoms with Crippen molar-refractivity contribution < 1.29 is 4.74 Å². The van der Waals surface area contributed by atoms with Gasteiger partial charge in [-0.2, -0.15) is 0 Å². The molecule has 0 aliphatic heterocycles. The Kier molecular flexibility index (Phi) is 5.15. The number of halogens is 1. The maximum Gasteiger partial charge on any atom is 0.0560 e. The first-order chi connectivity index (χ1) is 6.74. The molecular formula is C10H14ClNOS. The first-order valence-electron chi connectivity index (χ1n) is 4.49. The monoisotopic (exact) mass is 231 g/mol. The fraction of sp³-hybridized carbons (Fsp3) is 0.400. The molecule has 0 saturated heterocycles. The number of ether oxygens (including phenoxy) is 1. The maximum absolute atomic E-state index is 5.86. The first-order valence-corrected chi connectivity index (χ1v) is 5.86. The van der Waals surface area contributed by atoms with Crippen LogP contribution >= 0.6 is 23.4 Å². The zero-order valence-corrected chi connectivity index (χ0v) is 9.70. The van der Waals surface area contributed by atoms with Crippen LogP contribution in [0.25, 0.3) is 0 Å². The molecule has 1 aromatic rings. The van der Waals surface area contributed by atoms with Crippen LogP contribution in [0, 0.1) is 0 Å². The lowest BCUT2D eigenvalue weighted by Gasteiger charge is -2.05. The normalized spacial score (nSPS) is 10.4. The molecule has 2 nitrogen and oxygen atoms in total. The minimum Gasteiger partial charge on any atom is -0.398 e. The van der Waals surface area contributed by atoms with Crippen molar-refractivity contribution in [3.63, 3.8) is 0 Å². The first kappa shape index (κ1) is 11.7. The molecule has 0 fully saturated rings. The van der Waals surface area contributed by atoms with E-state index in [0.717, 1.165) is 34.6 Å². The van der Waals surface area contributed by atoms with Crippen molar-refractivity contribution in [2.75, 3.05) is 24.7 Å². The molecule has 4 heteroatoms. The Morgan fingerprint density at radius 2 is 2.29 bits per heavy atom. The van der Waals surface area contributed by atoms with Crippen LogP contribution in [0.3, 0.4) is 0 Å². The fourth-order valence-electron chi connectivity index (χ4n) is 0.988. The fourth-order valence-corrected chi connectivity index (χ4v) is 2.09. The molecule has 0 heterocycles. The Hall–Kier alpha value is -0.380. The van der Waals surface area contributed by atoms with Gasteiger partial charge in [0.25, 0.3) is 0 Å². The summed E-state index contributed by atoms with van der Waals surface area (Å²) in [7, 11) is 0. The summed E-state index contributed by atoms with van der Waals surface area (Å²) >= 11 is 7.52. The van der Waals surface area contributed by atoms with E-state index < -0.39 is 0 Å².